The molecule has 1 aliphatic rings. The van der Waals surface area contributed by atoms with Gasteiger partial charge in [0.05, 0.1) is 11.5 Å². The summed E-state index contributed by atoms with van der Waals surface area (Å²) >= 11 is 1.48. The summed E-state index contributed by atoms with van der Waals surface area (Å²) in [5.41, 5.74) is 7.89. The topological polar surface area (TPSA) is 106 Å². The molecule has 156 valence electrons. The minimum absolute atomic E-state index is 0.0704. The molecule has 29 heavy (non-hydrogen) atoms. The predicted molar refractivity (Wildman–Crippen MR) is 119 cm³/mol. The molecule has 1 aromatic heterocycles. The normalized spacial score (nSPS) is 21.6. The summed E-state index contributed by atoms with van der Waals surface area (Å²) in [5.74, 6) is 3.27. The van der Waals surface area contributed by atoms with E-state index in [4.69, 9.17) is 5.73 Å². The number of rotatable bonds is 7. The molecule has 7 nitrogen and oxygen atoms in total. The van der Waals surface area contributed by atoms with Crippen molar-refractivity contribution in [1.29, 1.82) is 0 Å². The van der Waals surface area contributed by atoms with Gasteiger partial charge in [0, 0.05) is 11.7 Å². The Bertz CT molecular complexity index is 828. The summed E-state index contributed by atoms with van der Waals surface area (Å²) < 4.78 is 0. The lowest BCUT2D eigenvalue weighted by molar-refractivity contribution is -0.119. The second-order valence-electron chi connectivity index (χ2n) is 7.86. The van der Waals surface area contributed by atoms with Gasteiger partial charge in [0.15, 0.2) is 0 Å². The summed E-state index contributed by atoms with van der Waals surface area (Å²) in [4.78, 5) is 25.1. The van der Waals surface area contributed by atoms with Crippen LogP contribution in [-0.4, -0.2) is 32.7 Å². The minimum Gasteiger partial charge on any atom is -0.368 e. The molecule has 2 aromatic rings. The second-order valence-corrected chi connectivity index (χ2v) is 8.84. The van der Waals surface area contributed by atoms with Crippen molar-refractivity contribution in [3.63, 3.8) is 0 Å². The highest BCUT2D eigenvalue weighted by Gasteiger charge is 2.27. The van der Waals surface area contributed by atoms with Crippen LogP contribution in [0.4, 0.5) is 17.6 Å². The molecule has 4 N–H and O–H groups in total. The highest BCUT2D eigenvalue weighted by molar-refractivity contribution is 7.99. The Morgan fingerprint density at radius 1 is 1.17 bits per heavy atom. The third-order valence-corrected chi connectivity index (χ3v) is 6.45. The van der Waals surface area contributed by atoms with Crippen LogP contribution in [-0.2, 0) is 10.5 Å². The van der Waals surface area contributed by atoms with Crippen LogP contribution in [0.15, 0.2) is 24.3 Å². The number of anilines is 3. The van der Waals surface area contributed by atoms with Gasteiger partial charge in [-0.05, 0) is 37.3 Å². The van der Waals surface area contributed by atoms with Crippen LogP contribution >= 0.6 is 11.8 Å². The van der Waals surface area contributed by atoms with E-state index < -0.39 is 0 Å². The van der Waals surface area contributed by atoms with Crippen LogP contribution in [0.1, 0.15) is 44.5 Å². The average Bonchev–Trinajstić information content (AvgIpc) is 2.67. The van der Waals surface area contributed by atoms with E-state index in [1.165, 1.54) is 30.2 Å². The number of nitrogens with zero attached hydrogens (tertiary/aromatic N) is 3. The maximum absolute atomic E-state index is 12.3. The van der Waals surface area contributed by atoms with Gasteiger partial charge in [-0.1, -0.05) is 44.4 Å². The fourth-order valence-corrected chi connectivity index (χ4v) is 4.28. The summed E-state index contributed by atoms with van der Waals surface area (Å²) in [6.07, 6.45) is 3.51. The van der Waals surface area contributed by atoms with Crippen molar-refractivity contribution in [3.8, 4) is 0 Å². The molecule has 0 bridgehead atoms. The first kappa shape index (κ1) is 21.4. The summed E-state index contributed by atoms with van der Waals surface area (Å²) in [6, 6.07) is 8.22. The zero-order valence-corrected chi connectivity index (χ0v) is 18.1. The quantitative estimate of drug-likeness (QED) is 0.634. The number of carbonyl (C=O) groups is 1. The molecule has 1 saturated carbocycles. The molecule has 3 rings (SSSR count). The van der Waals surface area contributed by atoms with Crippen molar-refractivity contribution < 1.29 is 4.79 Å². The van der Waals surface area contributed by atoms with Crippen LogP contribution < -0.4 is 16.4 Å². The predicted octanol–water partition coefficient (Wildman–Crippen LogP) is 3.68. The molecule has 1 heterocycles. The summed E-state index contributed by atoms with van der Waals surface area (Å²) in [5, 5.41) is 6.34. The third kappa shape index (κ3) is 6.32. The van der Waals surface area contributed by atoms with Crippen molar-refractivity contribution in [1.82, 2.24) is 20.3 Å². The highest BCUT2D eigenvalue weighted by Crippen LogP contribution is 2.29. The first-order chi connectivity index (χ1) is 13.9. The summed E-state index contributed by atoms with van der Waals surface area (Å²) in [6.45, 7) is 6.54. The van der Waals surface area contributed by atoms with Gasteiger partial charge in [-0.2, -0.15) is 15.0 Å². The Morgan fingerprint density at radius 2 is 1.93 bits per heavy atom. The molecule has 0 spiro atoms. The average molecular weight is 415 g/mol. The van der Waals surface area contributed by atoms with Crippen molar-refractivity contribution in [2.75, 3.05) is 16.8 Å². The fourth-order valence-electron chi connectivity index (χ4n) is 3.59. The van der Waals surface area contributed by atoms with E-state index in [2.05, 4.69) is 39.4 Å². The highest BCUT2D eigenvalue weighted by atomic mass is 32.2. The van der Waals surface area contributed by atoms with Crippen LogP contribution in [0.5, 0.6) is 0 Å². The largest absolute Gasteiger partial charge is 0.368 e. The fraction of sp³-hybridized carbons (Fsp3) is 0.524. The van der Waals surface area contributed by atoms with Gasteiger partial charge < -0.3 is 16.4 Å². The van der Waals surface area contributed by atoms with E-state index in [0.717, 1.165) is 12.1 Å². The van der Waals surface area contributed by atoms with Gasteiger partial charge in [-0.3, -0.25) is 4.79 Å². The van der Waals surface area contributed by atoms with Gasteiger partial charge in [0.25, 0.3) is 0 Å². The number of hydrogen-bond donors (Lipinski definition) is 3. The number of hydrogen-bond acceptors (Lipinski definition) is 7. The Morgan fingerprint density at radius 3 is 2.69 bits per heavy atom. The summed E-state index contributed by atoms with van der Waals surface area (Å²) in [7, 11) is 0. The van der Waals surface area contributed by atoms with Gasteiger partial charge in [0.2, 0.25) is 17.8 Å². The number of benzene rings is 1. The van der Waals surface area contributed by atoms with Crippen LogP contribution in [0.2, 0.25) is 0 Å². The van der Waals surface area contributed by atoms with Gasteiger partial charge >= 0.3 is 0 Å². The molecular weight excluding hydrogens is 384 g/mol. The second kappa shape index (κ2) is 9.91. The van der Waals surface area contributed by atoms with Crippen LogP contribution in [0.3, 0.4) is 0 Å². The maximum atomic E-state index is 12.3. The van der Waals surface area contributed by atoms with Crippen molar-refractivity contribution >= 4 is 35.3 Å². The first-order valence-corrected chi connectivity index (χ1v) is 11.3. The Hall–Kier alpha value is -2.35. The molecule has 1 amide bonds. The molecule has 0 aliphatic heterocycles. The number of aromatic nitrogens is 3. The first-order valence-electron chi connectivity index (χ1n) is 10.1. The Labute approximate surface area is 176 Å². The standard InChI is InChI=1S/C21H30N6OS/c1-13-7-9-16(10-8-13)23-21-26-18(25-20(22)27-21)11-29-12-19(28)24-17-6-4-5-14(2)15(17)3/h7-10,14-15,17H,4-6,11-12H2,1-3H3,(H,24,28)(H3,22,23,25,26,27)/t14-,15-,17+/m0/s1. The van der Waals surface area contributed by atoms with E-state index in [1.54, 1.807) is 0 Å². The van der Waals surface area contributed by atoms with Crippen molar-refractivity contribution in [2.24, 2.45) is 11.8 Å². The van der Waals surface area contributed by atoms with Crippen molar-refractivity contribution in [3.05, 3.63) is 35.7 Å². The van der Waals surface area contributed by atoms with Crippen LogP contribution in [0, 0.1) is 18.8 Å². The number of nitrogens with two attached hydrogens (primary N) is 1. The molecule has 0 saturated heterocycles. The zero-order valence-electron chi connectivity index (χ0n) is 17.3. The maximum Gasteiger partial charge on any atom is 0.232 e. The number of thioether (sulfide) groups is 1. The Balaban J connectivity index is 1.50. The number of nitrogens with one attached hydrogen (secondary N) is 2. The lowest BCUT2D eigenvalue weighted by atomic mass is 9.78. The number of nitrogen functional groups attached to an aromatic ring is 1. The van der Waals surface area contributed by atoms with Gasteiger partial charge in [-0.25, -0.2) is 0 Å². The Kier molecular flexibility index (Phi) is 7.30. The lowest BCUT2D eigenvalue weighted by Gasteiger charge is -2.34. The molecule has 1 aromatic carbocycles. The van der Waals surface area contributed by atoms with E-state index in [-0.39, 0.29) is 17.9 Å². The smallest absolute Gasteiger partial charge is 0.232 e. The monoisotopic (exact) mass is 414 g/mol. The van der Waals surface area contributed by atoms with E-state index in [9.17, 15) is 4.79 Å². The number of carbonyl (C=O) groups excluding carboxylic acids is 1. The molecule has 0 radical (unpaired) electrons. The van der Waals surface area contributed by atoms with E-state index in [1.807, 2.05) is 31.2 Å². The molecule has 3 atom stereocenters. The molecule has 1 fully saturated rings. The third-order valence-electron chi connectivity index (χ3n) is 5.52. The molecular formula is C21H30N6OS. The molecule has 0 unspecified atom stereocenters. The molecule has 8 heteroatoms. The number of aryl methyl sites for hydroxylation is 1. The van der Waals surface area contributed by atoms with Gasteiger partial charge in [-0.15, -0.1) is 11.8 Å². The van der Waals surface area contributed by atoms with E-state index in [0.29, 0.717) is 35.1 Å². The van der Waals surface area contributed by atoms with Crippen molar-refractivity contribution in [2.45, 2.75) is 51.8 Å². The number of amides is 1. The minimum atomic E-state index is 0.0704. The SMILES string of the molecule is Cc1ccc(Nc2nc(N)nc(CSCC(=O)N[C@@H]3CCC[C@H](C)[C@@H]3C)n2)cc1. The lowest BCUT2D eigenvalue weighted by Crippen LogP contribution is -2.44. The van der Waals surface area contributed by atoms with Crippen LogP contribution in [0.25, 0.3) is 0 Å². The zero-order chi connectivity index (χ0) is 20.8. The van der Waals surface area contributed by atoms with Gasteiger partial charge in [0.1, 0.15) is 5.82 Å². The molecule has 1 aliphatic carbocycles. The van der Waals surface area contributed by atoms with E-state index >= 15 is 0 Å².